The van der Waals surface area contributed by atoms with E-state index in [1.807, 2.05) is 5.16 Å². The monoisotopic (exact) mass is 143 g/mol. The summed E-state index contributed by atoms with van der Waals surface area (Å²) in [6, 6.07) is 0. The molecular formula is C5H5NO2S. The Hall–Kier alpha value is -0.990. The lowest BCUT2D eigenvalue weighted by Crippen LogP contribution is -1.98. The Bertz CT molecular complexity index is 160. The maximum absolute atomic E-state index is 10.2. The molecule has 48 valence electrons. The zero-order valence-corrected chi connectivity index (χ0v) is 5.48. The van der Waals surface area contributed by atoms with Crippen LogP contribution in [0, 0.1) is 0 Å². The molecule has 4 heteroatoms. The van der Waals surface area contributed by atoms with Gasteiger partial charge in [-0.25, -0.2) is 4.79 Å². The summed E-state index contributed by atoms with van der Waals surface area (Å²) in [5, 5.41) is 2.04. The van der Waals surface area contributed by atoms with E-state index < -0.39 is 5.97 Å². The SMILES string of the molecule is C=CC(=O)OCN=C=S. The molecule has 0 aliphatic carbocycles. The van der Waals surface area contributed by atoms with Crippen LogP contribution in [0.3, 0.4) is 0 Å². The fraction of sp³-hybridized carbons (Fsp3) is 0.200. The smallest absolute Gasteiger partial charge is 0.331 e. The summed E-state index contributed by atoms with van der Waals surface area (Å²) in [5.74, 6) is -0.510. The summed E-state index contributed by atoms with van der Waals surface area (Å²) in [7, 11) is 0. The highest BCUT2D eigenvalue weighted by Gasteiger charge is 1.89. The lowest BCUT2D eigenvalue weighted by atomic mass is 10.7. The van der Waals surface area contributed by atoms with Crippen molar-refractivity contribution in [1.29, 1.82) is 0 Å². The second kappa shape index (κ2) is 5.15. The van der Waals surface area contributed by atoms with E-state index in [2.05, 4.69) is 28.5 Å². The lowest BCUT2D eigenvalue weighted by molar-refractivity contribution is -0.137. The molecule has 0 aliphatic rings. The second-order valence-electron chi connectivity index (χ2n) is 1.05. The molecule has 0 atom stereocenters. The Morgan fingerprint density at radius 1 is 2.00 bits per heavy atom. The second-order valence-corrected chi connectivity index (χ2v) is 1.23. The number of thiocarbonyl (C=S) groups is 1. The topological polar surface area (TPSA) is 38.7 Å². The first kappa shape index (κ1) is 8.01. The number of hydrogen-bond donors (Lipinski definition) is 0. The fourth-order valence-corrected chi connectivity index (χ4v) is 0.234. The van der Waals surface area contributed by atoms with E-state index in [-0.39, 0.29) is 6.73 Å². The van der Waals surface area contributed by atoms with Crippen LogP contribution in [-0.4, -0.2) is 17.9 Å². The summed E-state index contributed by atoms with van der Waals surface area (Å²) >= 11 is 4.21. The molecule has 0 rings (SSSR count). The standard InChI is InChI=1S/C5H5NO2S/c1-2-5(7)8-3-6-4-9/h2H,1,3H2. The molecule has 0 bridgehead atoms. The maximum Gasteiger partial charge on any atom is 0.331 e. The van der Waals surface area contributed by atoms with Gasteiger partial charge in [0.05, 0.1) is 5.16 Å². The van der Waals surface area contributed by atoms with Crippen LogP contribution in [-0.2, 0) is 9.53 Å². The van der Waals surface area contributed by atoms with Crippen LogP contribution in [0.2, 0.25) is 0 Å². The van der Waals surface area contributed by atoms with Gasteiger partial charge in [0, 0.05) is 6.08 Å². The zero-order valence-electron chi connectivity index (χ0n) is 4.66. The van der Waals surface area contributed by atoms with Crippen molar-refractivity contribution in [2.24, 2.45) is 4.99 Å². The molecule has 0 radical (unpaired) electrons. The number of hydrogen-bond acceptors (Lipinski definition) is 4. The van der Waals surface area contributed by atoms with E-state index in [4.69, 9.17) is 0 Å². The third kappa shape index (κ3) is 4.87. The van der Waals surface area contributed by atoms with Crippen molar-refractivity contribution in [2.75, 3.05) is 6.73 Å². The average molecular weight is 143 g/mol. The number of ether oxygens (including phenoxy) is 1. The minimum Gasteiger partial charge on any atom is -0.439 e. The predicted octanol–water partition coefficient (Wildman–Crippen LogP) is 0.776. The van der Waals surface area contributed by atoms with E-state index >= 15 is 0 Å². The largest absolute Gasteiger partial charge is 0.439 e. The average Bonchev–Trinajstić information content (AvgIpc) is 1.89. The van der Waals surface area contributed by atoms with Gasteiger partial charge in [-0.05, 0) is 12.2 Å². The number of isothiocyanates is 1. The molecule has 0 N–H and O–H groups in total. The molecule has 0 heterocycles. The van der Waals surface area contributed by atoms with Crippen molar-refractivity contribution < 1.29 is 9.53 Å². The first-order valence-electron chi connectivity index (χ1n) is 2.14. The van der Waals surface area contributed by atoms with Gasteiger partial charge < -0.3 is 4.74 Å². The quantitative estimate of drug-likeness (QED) is 0.253. The van der Waals surface area contributed by atoms with Crippen molar-refractivity contribution in [3.05, 3.63) is 12.7 Å². The van der Waals surface area contributed by atoms with Crippen LogP contribution in [0.25, 0.3) is 0 Å². The number of carbonyl (C=O) groups excluding carboxylic acids is 1. The third-order valence-corrected chi connectivity index (χ3v) is 0.632. The summed E-state index contributed by atoms with van der Waals surface area (Å²) < 4.78 is 4.38. The molecular weight excluding hydrogens is 138 g/mol. The van der Waals surface area contributed by atoms with Crippen molar-refractivity contribution in [3.63, 3.8) is 0 Å². The number of aliphatic imine (C=N–C) groups is 1. The van der Waals surface area contributed by atoms with Crippen molar-refractivity contribution >= 4 is 23.3 Å². The highest BCUT2D eigenvalue weighted by Crippen LogP contribution is 1.77. The van der Waals surface area contributed by atoms with E-state index in [0.29, 0.717) is 0 Å². The van der Waals surface area contributed by atoms with Gasteiger partial charge in [-0.2, -0.15) is 4.99 Å². The lowest BCUT2D eigenvalue weighted by Gasteiger charge is -1.91. The van der Waals surface area contributed by atoms with Crippen LogP contribution in [0.1, 0.15) is 0 Å². The molecule has 0 amide bonds. The zero-order chi connectivity index (χ0) is 7.11. The Balaban J connectivity index is 3.38. The fourth-order valence-electron chi connectivity index (χ4n) is 0.181. The first-order chi connectivity index (χ1) is 4.31. The molecule has 0 aromatic heterocycles. The first-order valence-corrected chi connectivity index (χ1v) is 2.55. The van der Waals surface area contributed by atoms with Gasteiger partial charge in [0.1, 0.15) is 0 Å². The Kier molecular flexibility index (Phi) is 4.59. The van der Waals surface area contributed by atoms with Crippen LogP contribution < -0.4 is 0 Å². The van der Waals surface area contributed by atoms with Gasteiger partial charge in [0.15, 0.2) is 6.73 Å². The molecule has 3 nitrogen and oxygen atoms in total. The van der Waals surface area contributed by atoms with Gasteiger partial charge in [-0.15, -0.1) is 0 Å². The highest BCUT2D eigenvalue weighted by molar-refractivity contribution is 7.78. The summed E-state index contributed by atoms with van der Waals surface area (Å²) in [5.41, 5.74) is 0. The number of nitrogens with zero attached hydrogens (tertiary/aromatic N) is 1. The van der Waals surface area contributed by atoms with Gasteiger partial charge >= 0.3 is 5.97 Å². The van der Waals surface area contributed by atoms with Crippen LogP contribution >= 0.6 is 12.2 Å². The number of esters is 1. The van der Waals surface area contributed by atoms with Crippen molar-refractivity contribution in [2.45, 2.75) is 0 Å². The van der Waals surface area contributed by atoms with Gasteiger partial charge in [0.25, 0.3) is 0 Å². The normalized spacial score (nSPS) is 7.11. The summed E-state index contributed by atoms with van der Waals surface area (Å²) in [6.07, 6.45) is 1.05. The van der Waals surface area contributed by atoms with Crippen LogP contribution in [0.5, 0.6) is 0 Å². The van der Waals surface area contributed by atoms with Crippen molar-refractivity contribution in [1.82, 2.24) is 0 Å². The summed E-state index contributed by atoms with van der Waals surface area (Å²) in [4.78, 5) is 13.6. The van der Waals surface area contributed by atoms with E-state index in [0.717, 1.165) is 6.08 Å². The van der Waals surface area contributed by atoms with E-state index in [1.54, 1.807) is 0 Å². The molecule has 0 unspecified atom stereocenters. The van der Waals surface area contributed by atoms with Crippen molar-refractivity contribution in [3.8, 4) is 0 Å². The van der Waals surface area contributed by atoms with E-state index in [1.165, 1.54) is 0 Å². The Labute approximate surface area is 58.0 Å². The maximum atomic E-state index is 10.2. The minimum atomic E-state index is -0.510. The molecule has 0 aromatic carbocycles. The Morgan fingerprint density at radius 3 is 3.11 bits per heavy atom. The highest BCUT2D eigenvalue weighted by atomic mass is 32.1. The minimum absolute atomic E-state index is 0.0750. The molecule has 0 spiro atoms. The molecule has 0 aliphatic heterocycles. The third-order valence-electron chi connectivity index (χ3n) is 0.503. The van der Waals surface area contributed by atoms with Gasteiger partial charge in [-0.1, -0.05) is 6.58 Å². The molecule has 0 aromatic rings. The number of rotatable bonds is 3. The molecule has 0 fully saturated rings. The van der Waals surface area contributed by atoms with E-state index in [9.17, 15) is 4.79 Å². The van der Waals surface area contributed by atoms with Crippen LogP contribution in [0.15, 0.2) is 17.6 Å². The van der Waals surface area contributed by atoms with Gasteiger partial charge in [0.2, 0.25) is 0 Å². The van der Waals surface area contributed by atoms with Gasteiger partial charge in [-0.3, -0.25) is 0 Å². The Morgan fingerprint density at radius 2 is 2.67 bits per heavy atom. The summed E-state index contributed by atoms with van der Waals surface area (Å²) in [6.45, 7) is 3.10. The molecule has 0 saturated heterocycles. The molecule has 0 saturated carbocycles. The predicted molar refractivity (Wildman–Crippen MR) is 36.2 cm³/mol. The molecule has 9 heavy (non-hydrogen) atoms. The number of carbonyl (C=O) groups is 1. The van der Waals surface area contributed by atoms with Crippen LogP contribution in [0.4, 0.5) is 0 Å².